The molecule has 0 saturated heterocycles. The van der Waals surface area contributed by atoms with Gasteiger partial charge in [0.15, 0.2) is 0 Å². The van der Waals surface area contributed by atoms with Gasteiger partial charge in [-0.15, -0.1) is 0 Å². The summed E-state index contributed by atoms with van der Waals surface area (Å²) >= 11 is 1.09. The molecular formula is C14H28SeTe. The molecule has 0 nitrogen and oxygen atoms in total. The summed E-state index contributed by atoms with van der Waals surface area (Å²) in [5, 5.41) is 1.50. The van der Waals surface area contributed by atoms with E-state index in [0.29, 0.717) is 0 Å². The van der Waals surface area contributed by atoms with Crippen LogP contribution in [0.15, 0.2) is 8.60 Å². The monoisotopic (exact) mass is 406 g/mol. The van der Waals surface area contributed by atoms with E-state index in [1.807, 2.05) is 2.52 Å². The summed E-state index contributed by atoms with van der Waals surface area (Å²) in [5.74, 6) is 0. The SMILES string of the molecule is CCCC/C=C(\[Se]CCCC)[Te]CCCC. The maximum atomic E-state index is 2.62. The van der Waals surface area contributed by atoms with Crippen molar-refractivity contribution in [3.05, 3.63) is 8.60 Å². The van der Waals surface area contributed by atoms with Crippen molar-refractivity contribution in [3.8, 4) is 0 Å². The summed E-state index contributed by atoms with van der Waals surface area (Å²) in [7, 11) is 0. The van der Waals surface area contributed by atoms with Gasteiger partial charge in [0.2, 0.25) is 0 Å². The first kappa shape index (κ1) is 17.0. The van der Waals surface area contributed by atoms with Crippen molar-refractivity contribution >= 4 is 35.9 Å². The van der Waals surface area contributed by atoms with Gasteiger partial charge in [0.25, 0.3) is 0 Å². The van der Waals surface area contributed by atoms with Gasteiger partial charge in [-0.05, 0) is 0 Å². The topological polar surface area (TPSA) is 0 Å². The van der Waals surface area contributed by atoms with Crippen molar-refractivity contribution < 1.29 is 0 Å². The predicted molar refractivity (Wildman–Crippen MR) is 78.5 cm³/mol. The summed E-state index contributed by atoms with van der Waals surface area (Å²) in [6, 6.07) is 0. The van der Waals surface area contributed by atoms with Gasteiger partial charge in [-0.3, -0.25) is 0 Å². The molecule has 0 aromatic rings. The molecule has 0 saturated carbocycles. The van der Waals surface area contributed by atoms with Gasteiger partial charge in [-0.25, -0.2) is 0 Å². The molecule has 16 heavy (non-hydrogen) atoms. The van der Waals surface area contributed by atoms with E-state index in [4.69, 9.17) is 0 Å². The van der Waals surface area contributed by atoms with Crippen LogP contribution in [0.1, 0.15) is 65.7 Å². The molecule has 96 valence electrons. The Kier molecular flexibility index (Phi) is 15.0. The predicted octanol–water partition coefficient (Wildman–Crippen LogP) is 4.86. The van der Waals surface area contributed by atoms with Crippen LogP contribution in [-0.4, -0.2) is 35.9 Å². The molecule has 0 fully saturated rings. The first-order valence-corrected chi connectivity index (χ1v) is 11.7. The Morgan fingerprint density at radius 2 is 1.69 bits per heavy atom. The van der Waals surface area contributed by atoms with E-state index in [2.05, 4.69) is 26.8 Å². The van der Waals surface area contributed by atoms with Crippen LogP contribution in [0.4, 0.5) is 0 Å². The summed E-state index contributed by atoms with van der Waals surface area (Å²) in [5.41, 5.74) is 0. The van der Waals surface area contributed by atoms with E-state index in [-0.39, 0.29) is 20.9 Å². The van der Waals surface area contributed by atoms with Crippen molar-refractivity contribution in [3.63, 3.8) is 0 Å². The van der Waals surface area contributed by atoms with Gasteiger partial charge in [-0.1, -0.05) is 0 Å². The third kappa shape index (κ3) is 11.5. The van der Waals surface area contributed by atoms with Crippen LogP contribution in [-0.2, 0) is 0 Å². The van der Waals surface area contributed by atoms with E-state index in [0.717, 1.165) is 15.0 Å². The van der Waals surface area contributed by atoms with E-state index in [1.54, 1.807) is 4.47 Å². The van der Waals surface area contributed by atoms with E-state index < -0.39 is 0 Å². The van der Waals surface area contributed by atoms with Crippen LogP contribution in [0.25, 0.3) is 0 Å². The summed E-state index contributed by atoms with van der Waals surface area (Å²) < 4.78 is 3.49. The molecule has 0 aliphatic carbocycles. The average molecular weight is 403 g/mol. The minimum atomic E-state index is 0.227. The minimum absolute atomic E-state index is 0.227. The molecule has 0 rings (SSSR count). The summed E-state index contributed by atoms with van der Waals surface area (Å²) in [6.45, 7) is 6.92. The standard InChI is InChI=1S/C14H28SeTe/c1-4-7-10-11-14(15-12-8-5-2)16-13-9-6-3/h11H,4-10,12-13H2,1-3H3/b14-11+. The third-order valence-electron chi connectivity index (χ3n) is 2.35. The second-order valence-corrected chi connectivity index (χ2v) is 11.5. The van der Waals surface area contributed by atoms with Crippen molar-refractivity contribution in [2.24, 2.45) is 0 Å². The van der Waals surface area contributed by atoms with Gasteiger partial charge in [-0.2, -0.15) is 0 Å². The number of rotatable bonds is 11. The average Bonchev–Trinajstić information content (AvgIpc) is 2.29. The number of hydrogen-bond acceptors (Lipinski definition) is 0. The second kappa shape index (κ2) is 14.1. The molecule has 0 aromatic carbocycles. The summed E-state index contributed by atoms with van der Waals surface area (Å²) in [6.07, 6.45) is 12.4. The molecule has 0 amide bonds. The van der Waals surface area contributed by atoms with Gasteiger partial charge in [0.05, 0.1) is 0 Å². The molecule has 0 aliphatic rings. The Bertz CT molecular complexity index is 154. The Hall–Kier alpha value is 1.05. The molecule has 0 N–H and O–H groups in total. The van der Waals surface area contributed by atoms with Crippen LogP contribution in [0.2, 0.25) is 9.79 Å². The number of unbranched alkanes of at least 4 members (excludes halogenated alkanes) is 4. The number of hydrogen-bond donors (Lipinski definition) is 0. The van der Waals surface area contributed by atoms with Gasteiger partial charge in [0.1, 0.15) is 0 Å². The molecule has 0 bridgehead atoms. The first-order chi connectivity index (χ1) is 7.85. The zero-order valence-corrected chi connectivity index (χ0v) is 15.3. The molecular weight excluding hydrogens is 375 g/mol. The van der Waals surface area contributed by atoms with Crippen LogP contribution < -0.4 is 0 Å². The molecule has 0 spiro atoms. The summed E-state index contributed by atoms with van der Waals surface area (Å²) in [4.78, 5) is 0. The quantitative estimate of drug-likeness (QED) is 0.342. The van der Waals surface area contributed by atoms with Crippen molar-refractivity contribution in [2.45, 2.75) is 75.5 Å². The fraction of sp³-hybridized carbons (Fsp3) is 0.857. The van der Waals surface area contributed by atoms with Gasteiger partial charge in [0, 0.05) is 0 Å². The fourth-order valence-corrected chi connectivity index (χ4v) is 9.35. The normalized spacial score (nSPS) is 12.1. The Morgan fingerprint density at radius 1 is 1.00 bits per heavy atom. The van der Waals surface area contributed by atoms with Crippen LogP contribution in [0.5, 0.6) is 0 Å². The zero-order chi connectivity index (χ0) is 12.1. The first-order valence-electron chi connectivity index (χ1n) is 6.80. The van der Waals surface area contributed by atoms with Crippen LogP contribution in [0.3, 0.4) is 0 Å². The molecule has 0 heterocycles. The van der Waals surface area contributed by atoms with Crippen molar-refractivity contribution in [1.82, 2.24) is 0 Å². The van der Waals surface area contributed by atoms with Crippen molar-refractivity contribution in [1.29, 1.82) is 0 Å². The van der Waals surface area contributed by atoms with Crippen LogP contribution in [0, 0.1) is 0 Å². The second-order valence-electron chi connectivity index (χ2n) is 4.07. The number of allylic oxidation sites excluding steroid dienone is 1. The molecule has 0 aromatic heterocycles. The van der Waals surface area contributed by atoms with Crippen molar-refractivity contribution in [2.75, 3.05) is 0 Å². The maximum absolute atomic E-state index is 2.62. The van der Waals surface area contributed by atoms with Gasteiger partial charge >= 0.3 is 120 Å². The van der Waals surface area contributed by atoms with E-state index in [9.17, 15) is 0 Å². The third-order valence-corrected chi connectivity index (χ3v) is 10.4. The Morgan fingerprint density at radius 3 is 2.31 bits per heavy atom. The fourth-order valence-electron chi connectivity index (χ4n) is 1.22. The molecule has 0 aliphatic heterocycles. The zero-order valence-electron chi connectivity index (χ0n) is 11.3. The van der Waals surface area contributed by atoms with Gasteiger partial charge < -0.3 is 0 Å². The molecule has 0 radical (unpaired) electrons. The van der Waals surface area contributed by atoms with E-state index >= 15 is 0 Å². The Balaban J connectivity index is 3.79. The van der Waals surface area contributed by atoms with E-state index in [1.165, 1.54) is 50.3 Å². The molecule has 2 heteroatoms. The Labute approximate surface area is 119 Å². The van der Waals surface area contributed by atoms with Crippen LogP contribution >= 0.6 is 0 Å². The molecule has 0 atom stereocenters. The molecule has 0 unspecified atom stereocenters.